The van der Waals surface area contributed by atoms with Crippen LogP contribution in [0.3, 0.4) is 0 Å². The molecule has 0 fully saturated rings. The SMILES string of the molecule is C#CCC(C)(C)C/C=C/C(=O)OCC. The average molecular weight is 194 g/mol. The molecule has 0 aliphatic heterocycles. The second-order valence-electron chi connectivity index (χ2n) is 3.90. The largest absolute Gasteiger partial charge is 0.463 e. The smallest absolute Gasteiger partial charge is 0.330 e. The molecule has 2 nitrogen and oxygen atoms in total. The van der Waals surface area contributed by atoms with Crippen molar-refractivity contribution in [3.63, 3.8) is 0 Å². The Morgan fingerprint density at radius 1 is 1.57 bits per heavy atom. The van der Waals surface area contributed by atoms with Crippen molar-refractivity contribution >= 4 is 5.97 Å². The van der Waals surface area contributed by atoms with E-state index in [1.54, 1.807) is 6.92 Å². The summed E-state index contributed by atoms with van der Waals surface area (Å²) in [7, 11) is 0. The van der Waals surface area contributed by atoms with Gasteiger partial charge in [-0.3, -0.25) is 0 Å². The lowest BCUT2D eigenvalue weighted by Crippen LogP contribution is -2.08. The van der Waals surface area contributed by atoms with Gasteiger partial charge in [-0.25, -0.2) is 4.79 Å². The monoisotopic (exact) mass is 194 g/mol. The highest BCUT2D eigenvalue weighted by Gasteiger charge is 2.13. The Kier molecular flexibility index (Phi) is 5.71. The number of rotatable bonds is 5. The van der Waals surface area contributed by atoms with Crippen LogP contribution in [0, 0.1) is 17.8 Å². The van der Waals surface area contributed by atoms with Gasteiger partial charge >= 0.3 is 5.97 Å². The van der Waals surface area contributed by atoms with E-state index in [4.69, 9.17) is 11.2 Å². The van der Waals surface area contributed by atoms with Crippen LogP contribution in [0.25, 0.3) is 0 Å². The zero-order valence-electron chi connectivity index (χ0n) is 9.17. The van der Waals surface area contributed by atoms with Crippen molar-refractivity contribution in [2.24, 2.45) is 5.41 Å². The lowest BCUT2D eigenvalue weighted by atomic mass is 9.86. The first kappa shape index (κ1) is 12.8. The van der Waals surface area contributed by atoms with Crippen molar-refractivity contribution in [3.05, 3.63) is 12.2 Å². The molecular weight excluding hydrogens is 176 g/mol. The Bertz CT molecular complexity index is 244. The Labute approximate surface area is 86.3 Å². The van der Waals surface area contributed by atoms with Crippen molar-refractivity contribution in [2.75, 3.05) is 6.61 Å². The molecule has 0 aliphatic rings. The molecule has 0 aliphatic carbocycles. The van der Waals surface area contributed by atoms with Crippen LogP contribution < -0.4 is 0 Å². The first-order valence-electron chi connectivity index (χ1n) is 4.78. The first-order chi connectivity index (χ1) is 6.52. The predicted octanol–water partition coefficient (Wildman–Crippen LogP) is 2.55. The predicted molar refractivity (Wildman–Crippen MR) is 57.6 cm³/mol. The molecule has 0 saturated carbocycles. The van der Waals surface area contributed by atoms with Gasteiger partial charge in [-0.05, 0) is 18.8 Å². The Morgan fingerprint density at radius 3 is 2.71 bits per heavy atom. The van der Waals surface area contributed by atoms with Crippen LogP contribution in [0.15, 0.2) is 12.2 Å². The third-order valence-corrected chi connectivity index (χ3v) is 1.79. The standard InChI is InChI=1S/C12H18O2/c1-5-9-12(3,4)10-7-8-11(13)14-6-2/h1,7-8H,6,9-10H2,2-4H3/b8-7+. The van der Waals surface area contributed by atoms with E-state index in [0.29, 0.717) is 13.0 Å². The molecule has 0 aromatic rings. The van der Waals surface area contributed by atoms with Gasteiger partial charge in [0.05, 0.1) is 6.61 Å². The van der Waals surface area contributed by atoms with Crippen LogP contribution in [-0.4, -0.2) is 12.6 Å². The Morgan fingerprint density at radius 2 is 2.21 bits per heavy atom. The number of esters is 1. The van der Waals surface area contributed by atoms with Gasteiger partial charge in [-0.15, -0.1) is 12.3 Å². The number of carbonyl (C=O) groups excluding carboxylic acids is 1. The molecule has 0 amide bonds. The van der Waals surface area contributed by atoms with Crippen molar-refractivity contribution < 1.29 is 9.53 Å². The van der Waals surface area contributed by atoms with Crippen molar-refractivity contribution in [1.82, 2.24) is 0 Å². The van der Waals surface area contributed by atoms with Crippen molar-refractivity contribution in [3.8, 4) is 12.3 Å². The molecule has 2 heteroatoms. The topological polar surface area (TPSA) is 26.3 Å². The van der Waals surface area contributed by atoms with Crippen LogP contribution in [-0.2, 0) is 9.53 Å². The molecule has 0 aromatic carbocycles. The second kappa shape index (κ2) is 6.26. The van der Waals surface area contributed by atoms with Crippen LogP contribution >= 0.6 is 0 Å². The molecule has 0 spiro atoms. The number of carbonyl (C=O) groups is 1. The maximum atomic E-state index is 10.9. The van der Waals surface area contributed by atoms with Gasteiger partial charge in [0, 0.05) is 12.5 Å². The summed E-state index contributed by atoms with van der Waals surface area (Å²) < 4.78 is 4.75. The summed E-state index contributed by atoms with van der Waals surface area (Å²) in [6.07, 6.45) is 10.00. The van der Waals surface area contributed by atoms with Gasteiger partial charge in [-0.1, -0.05) is 19.9 Å². The maximum absolute atomic E-state index is 10.9. The third-order valence-electron chi connectivity index (χ3n) is 1.79. The number of terminal acetylenes is 1. The van der Waals surface area contributed by atoms with E-state index >= 15 is 0 Å². The van der Waals surface area contributed by atoms with Crippen LogP contribution in [0.2, 0.25) is 0 Å². The summed E-state index contributed by atoms with van der Waals surface area (Å²) in [5.74, 6) is 2.33. The molecule has 0 N–H and O–H groups in total. The molecule has 0 aromatic heterocycles. The summed E-state index contributed by atoms with van der Waals surface area (Å²) >= 11 is 0. The van der Waals surface area contributed by atoms with Crippen molar-refractivity contribution in [1.29, 1.82) is 0 Å². The van der Waals surface area contributed by atoms with E-state index < -0.39 is 0 Å². The van der Waals surface area contributed by atoms with Gasteiger partial charge in [-0.2, -0.15) is 0 Å². The molecule has 0 saturated heterocycles. The molecule has 0 rings (SSSR count). The van der Waals surface area contributed by atoms with E-state index in [9.17, 15) is 4.79 Å². The summed E-state index contributed by atoms with van der Waals surface area (Å²) in [6.45, 7) is 6.34. The highest BCUT2D eigenvalue weighted by atomic mass is 16.5. The van der Waals surface area contributed by atoms with Crippen LogP contribution in [0.4, 0.5) is 0 Å². The minimum atomic E-state index is -0.288. The maximum Gasteiger partial charge on any atom is 0.330 e. The van der Waals surface area contributed by atoms with E-state index in [1.807, 2.05) is 6.08 Å². The summed E-state index contributed by atoms with van der Waals surface area (Å²) in [5, 5.41) is 0. The zero-order valence-corrected chi connectivity index (χ0v) is 9.17. The number of hydrogen-bond donors (Lipinski definition) is 0. The highest BCUT2D eigenvalue weighted by molar-refractivity contribution is 5.81. The fourth-order valence-corrected chi connectivity index (χ4v) is 1.01. The highest BCUT2D eigenvalue weighted by Crippen LogP contribution is 2.24. The van der Waals surface area contributed by atoms with Gasteiger partial charge in [0.1, 0.15) is 0 Å². The van der Waals surface area contributed by atoms with Crippen LogP contribution in [0.1, 0.15) is 33.6 Å². The average Bonchev–Trinajstić information content (AvgIpc) is 2.03. The summed E-state index contributed by atoms with van der Waals surface area (Å²) in [5.41, 5.74) is 0.0533. The molecule has 78 valence electrons. The quantitative estimate of drug-likeness (QED) is 0.382. The van der Waals surface area contributed by atoms with E-state index in [0.717, 1.165) is 6.42 Å². The van der Waals surface area contributed by atoms with Crippen LogP contribution in [0.5, 0.6) is 0 Å². The molecule has 0 bridgehead atoms. The van der Waals surface area contributed by atoms with Gasteiger partial charge in [0.15, 0.2) is 0 Å². The Balaban J connectivity index is 3.93. The number of hydrogen-bond acceptors (Lipinski definition) is 2. The summed E-state index contributed by atoms with van der Waals surface area (Å²) in [6, 6.07) is 0. The fourth-order valence-electron chi connectivity index (χ4n) is 1.01. The normalized spacial score (nSPS) is 11.3. The van der Waals surface area contributed by atoms with E-state index in [-0.39, 0.29) is 11.4 Å². The lowest BCUT2D eigenvalue weighted by molar-refractivity contribution is -0.137. The Hall–Kier alpha value is -1.23. The van der Waals surface area contributed by atoms with E-state index in [2.05, 4.69) is 19.8 Å². The first-order valence-corrected chi connectivity index (χ1v) is 4.78. The van der Waals surface area contributed by atoms with Gasteiger partial charge in [0.25, 0.3) is 0 Å². The molecule has 0 unspecified atom stereocenters. The molecule has 14 heavy (non-hydrogen) atoms. The third kappa shape index (κ3) is 6.30. The molecule has 0 radical (unpaired) electrons. The second-order valence-corrected chi connectivity index (χ2v) is 3.90. The molecule has 0 atom stereocenters. The van der Waals surface area contributed by atoms with Gasteiger partial charge < -0.3 is 4.74 Å². The molecular formula is C12H18O2. The van der Waals surface area contributed by atoms with E-state index in [1.165, 1.54) is 6.08 Å². The zero-order chi connectivity index (χ0) is 11.0. The van der Waals surface area contributed by atoms with Gasteiger partial charge in [0.2, 0.25) is 0 Å². The number of ether oxygens (including phenoxy) is 1. The lowest BCUT2D eigenvalue weighted by Gasteiger charge is -2.18. The number of allylic oxidation sites excluding steroid dienone is 1. The minimum Gasteiger partial charge on any atom is -0.463 e. The van der Waals surface area contributed by atoms with Crippen molar-refractivity contribution in [2.45, 2.75) is 33.6 Å². The summed E-state index contributed by atoms with van der Waals surface area (Å²) in [4.78, 5) is 10.9. The minimum absolute atomic E-state index is 0.0533. The molecule has 0 heterocycles. The fraction of sp³-hybridized carbons (Fsp3) is 0.583.